The van der Waals surface area contributed by atoms with Crippen LogP contribution in [0, 0.1) is 0 Å². The predicted octanol–water partition coefficient (Wildman–Crippen LogP) is 3.54. The number of alkyl halides is 2. The van der Waals surface area contributed by atoms with Crippen molar-refractivity contribution < 1.29 is 23.1 Å². The Morgan fingerprint density at radius 3 is 2.35 bits per heavy atom. The second-order valence-corrected chi connectivity index (χ2v) is 9.00. The van der Waals surface area contributed by atoms with Gasteiger partial charge in [0, 0.05) is 5.56 Å². The first-order chi connectivity index (χ1) is 7.70. The summed E-state index contributed by atoms with van der Waals surface area (Å²) in [6.45, 7) is 5.75. The van der Waals surface area contributed by atoms with Crippen LogP contribution in [0.25, 0.3) is 0 Å². The van der Waals surface area contributed by atoms with Crippen LogP contribution in [-0.4, -0.2) is 19.4 Å². The Labute approximate surface area is 99.2 Å². The van der Waals surface area contributed by atoms with Crippen LogP contribution in [0.15, 0.2) is 18.2 Å². The van der Waals surface area contributed by atoms with Crippen molar-refractivity contribution in [2.75, 3.05) is 0 Å². The molecule has 0 aliphatic rings. The highest BCUT2D eigenvalue weighted by atomic mass is 28.4. The second-order valence-electron chi connectivity index (χ2n) is 4.57. The maximum absolute atomic E-state index is 12.7. The van der Waals surface area contributed by atoms with Crippen LogP contribution >= 0.6 is 0 Å². The quantitative estimate of drug-likeness (QED) is 0.842. The molecule has 0 unspecified atom stereocenters. The average Bonchev–Trinajstić information content (AvgIpc) is 2.14. The fourth-order valence-electron chi connectivity index (χ4n) is 1.33. The summed E-state index contributed by atoms with van der Waals surface area (Å²) in [4.78, 5) is 10.8. The number of rotatable bonds is 4. The molecule has 1 aromatic carbocycles. The number of hydrogen-bond donors (Lipinski definition) is 1. The van der Waals surface area contributed by atoms with Crippen LogP contribution in [0.1, 0.15) is 22.3 Å². The summed E-state index contributed by atoms with van der Waals surface area (Å²) in [7, 11) is -1.89. The van der Waals surface area contributed by atoms with E-state index in [0.717, 1.165) is 12.1 Å². The largest absolute Gasteiger partial charge is 0.544 e. The van der Waals surface area contributed by atoms with Crippen molar-refractivity contribution in [2.24, 2.45) is 0 Å². The van der Waals surface area contributed by atoms with E-state index in [1.54, 1.807) is 0 Å². The van der Waals surface area contributed by atoms with Gasteiger partial charge < -0.3 is 9.53 Å². The first-order valence-electron chi connectivity index (χ1n) is 5.05. The number of halogens is 2. The molecule has 1 rings (SSSR count). The molecular formula is C11H14F2O3Si. The zero-order chi connectivity index (χ0) is 13.2. The summed E-state index contributed by atoms with van der Waals surface area (Å²) in [5.74, 6) is -1.07. The molecule has 0 saturated heterocycles. The molecule has 0 aliphatic carbocycles. The number of benzene rings is 1. The Bertz CT molecular complexity index is 427. The third kappa shape index (κ3) is 3.81. The number of carboxylic acid groups (broad SMARTS) is 1. The van der Waals surface area contributed by atoms with Crippen molar-refractivity contribution in [1.82, 2.24) is 0 Å². The molecule has 6 heteroatoms. The number of carboxylic acids is 1. The van der Waals surface area contributed by atoms with Gasteiger partial charge in [0.2, 0.25) is 8.32 Å². The summed E-state index contributed by atoms with van der Waals surface area (Å²) in [5.41, 5.74) is -0.892. The SMILES string of the molecule is C[Si](C)(C)Oc1ccc(C(=O)O)c(C(F)F)c1. The van der Waals surface area contributed by atoms with Crippen molar-refractivity contribution in [3.05, 3.63) is 29.3 Å². The second kappa shape index (κ2) is 4.83. The lowest BCUT2D eigenvalue weighted by molar-refractivity contribution is 0.0684. The zero-order valence-corrected chi connectivity index (χ0v) is 10.8. The third-order valence-corrected chi connectivity index (χ3v) is 2.76. The first kappa shape index (κ1) is 13.6. The van der Waals surface area contributed by atoms with E-state index in [1.807, 2.05) is 19.6 Å². The van der Waals surface area contributed by atoms with Crippen molar-refractivity contribution in [2.45, 2.75) is 26.1 Å². The van der Waals surface area contributed by atoms with Gasteiger partial charge in [0.25, 0.3) is 6.43 Å². The Kier molecular flexibility index (Phi) is 3.87. The highest BCUT2D eigenvalue weighted by Crippen LogP contribution is 2.28. The molecule has 0 saturated carbocycles. The van der Waals surface area contributed by atoms with Crippen LogP contribution in [0.4, 0.5) is 8.78 Å². The van der Waals surface area contributed by atoms with Crippen molar-refractivity contribution >= 4 is 14.3 Å². The number of aromatic carboxylic acids is 1. The maximum Gasteiger partial charge on any atom is 0.336 e. The Morgan fingerprint density at radius 2 is 1.94 bits per heavy atom. The van der Waals surface area contributed by atoms with Crippen molar-refractivity contribution in [3.63, 3.8) is 0 Å². The lowest BCUT2D eigenvalue weighted by Gasteiger charge is -2.20. The molecule has 0 radical (unpaired) electrons. The van der Waals surface area contributed by atoms with Crippen LogP contribution in [0.3, 0.4) is 0 Å². The standard InChI is InChI=1S/C11H14F2O3Si/c1-17(2,3)16-7-4-5-8(11(14)15)9(6-7)10(12)13/h4-6,10H,1-3H3,(H,14,15). The summed E-state index contributed by atoms with van der Waals surface area (Å²) in [5, 5.41) is 8.77. The highest BCUT2D eigenvalue weighted by molar-refractivity contribution is 6.70. The van der Waals surface area contributed by atoms with E-state index in [1.165, 1.54) is 6.07 Å². The molecule has 0 spiro atoms. The number of hydrogen-bond acceptors (Lipinski definition) is 2. The molecule has 0 fully saturated rings. The van der Waals surface area contributed by atoms with E-state index in [-0.39, 0.29) is 5.56 Å². The van der Waals surface area contributed by atoms with Gasteiger partial charge in [0.05, 0.1) is 5.56 Å². The molecule has 0 aromatic heterocycles. The highest BCUT2D eigenvalue weighted by Gasteiger charge is 2.21. The summed E-state index contributed by atoms with van der Waals surface area (Å²) < 4.78 is 30.9. The van der Waals surface area contributed by atoms with E-state index < -0.39 is 26.3 Å². The minimum Gasteiger partial charge on any atom is -0.544 e. The zero-order valence-electron chi connectivity index (χ0n) is 9.83. The van der Waals surface area contributed by atoms with Crippen molar-refractivity contribution in [3.8, 4) is 5.75 Å². The van der Waals surface area contributed by atoms with E-state index in [2.05, 4.69) is 0 Å². The van der Waals surface area contributed by atoms with Gasteiger partial charge in [-0.3, -0.25) is 0 Å². The lowest BCUT2D eigenvalue weighted by atomic mass is 10.1. The van der Waals surface area contributed by atoms with E-state index in [0.29, 0.717) is 5.75 Å². The normalized spacial score (nSPS) is 11.6. The molecule has 1 aromatic rings. The van der Waals surface area contributed by atoms with E-state index in [9.17, 15) is 13.6 Å². The van der Waals surface area contributed by atoms with Gasteiger partial charge in [-0.1, -0.05) is 0 Å². The summed E-state index contributed by atoms with van der Waals surface area (Å²) in [6.07, 6.45) is -2.83. The van der Waals surface area contributed by atoms with Crippen LogP contribution in [0.5, 0.6) is 5.75 Å². The monoisotopic (exact) mass is 260 g/mol. The van der Waals surface area contributed by atoms with Gasteiger partial charge >= 0.3 is 5.97 Å². The van der Waals surface area contributed by atoms with Gasteiger partial charge in [0.1, 0.15) is 5.75 Å². The molecule has 0 amide bonds. The summed E-state index contributed by atoms with van der Waals surface area (Å²) in [6, 6.07) is 3.67. The van der Waals surface area contributed by atoms with Crippen LogP contribution in [-0.2, 0) is 0 Å². The molecule has 0 aliphatic heterocycles. The first-order valence-corrected chi connectivity index (χ1v) is 8.46. The minimum absolute atomic E-state index is 0.296. The third-order valence-electron chi connectivity index (χ3n) is 1.91. The Morgan fingerprint density at radius 1 is 1.35 bits per heavy atom. The fraction of sp³-hybridized carbons (Fsp3) is 0.364. The van der Waals surface area contributed by atoms with Gasteiger partial charge in [0.15, 0.2) is 0 Å². The maximum atomic E-state index is 12.7. The van der Waals surface area contributed by atoms with E-state index in [4.69, 9.17) is 9.53 Å². The van der Waals surface area contributed by atoms with Crippen LogP contribution < -0.4 is 4.43 Å². The topological polar surface area (TPSA) is 46.5 Å². The predicted molar refractivity (Wildman–Crippen MR) is 62.3 cm³/mol. The van der Waals surface area contributed by atoms with Gasteiger partial charge in [-0.25, -0.2) is 13.6 Å². The molecule has 0 heterocycles. The molecule has 0 bridgehead atoms. The van der Waals surface area contributed by atoms with Crippen LogP contribution in [0.2, 0.25) is 19.6 Å². The fourth-order valence-corrected chi connectivity index (χ4v) is 2.17. The van der Waals surface area contributed by atoms with Gasteiger partial charge in [-0.15, -0.1) is 0 Å². The average molecular weight is 260 g/mol. The molecule has 3 nitrogen and oxygen atoms in total. The molecule has 1 N–H and O–H groups in total. The number of carbonyl (C=O) groups is 1. The molecule has 0 atom stereocenters. The Balaban J connectivity index is 3.15. The molecule has 94 valence electrons. The van der Waals surface area contributed by atoms with Crippen molar-refractivity contribution in [1.29, 1.82) is 0 Å². The molecular weight excluding hydrogens is 246 g/mol. The smallest absolute Gasteiger partial charge is 0.336 e. The van der Waals surface area contributed by atoms with E-state index >= 15 is 0 Å². The van der Waals surface area contributed by atoms with Gasteiger partial charge in [-0.2, -0.15) is 0 Å². The lowest BCUT2D eigenvalue weighted by Crippen LogP contribution is -2.29. The minimum atomic E-state index is -2.83. The summed E-state index contributed by atoms with van der Waals surface area (Å²) >= 11 is 0. The Hall–Kier alpha value is -1.43. The molecule has 17 heavy (non-hydrogen) atoms. The van der Waals surface area contributed by atoms with Gasteiger partial charge in [-0.05, 0) is 37.8 Å².